The molecule has 0 atom stereocenters. The third kappa shape index (κ3) is 2.30. The second-order valence-electron chi connectivity index (χ2n) is 6.49. The van der Waals surface area contributed by atoms with Crippen LogP contribution < -0.4 is 9.47 Å². The van der Waals surface area contributed by atoms with Crippen molar-refractivity contribution in [3.63, 3.8) is 0 Å². The smallest absolute Gasteiger partial charge is 0.314 e. The lowest BCUT2D eigenvalue weighted by atomic mass is 9.67. The molecule has 0 bridgehead atoms. The number of hydrogen-bond donors (Lipinski definition) is 1. The first-order valence-corrected chi connectivity index (χ1v) is 8.62. The predicted molar refractivity (Wildman–Crippen MR) is 86.8 cm³/mol. The molecule has 1 fully saturated rings. The molecule has 0 saturated heterocycles. The fraction of sp³-hybridized carbons (Fsp3) is 0.588. The number of fused-ring (bicyclic) bond motifs is 1. The quantitative estimate of drug-likeness (QED) is 0.847. The van der Waals surface area contributed by atoms with Gasteiger partial charge in [-0.3, -0.25) is 4.79 Å². The fourth-order valence-electron chi connectivity index (χ4n) is 3.73. The summed E-state index contributed by atoms with van der Waals surface area (Å²) in [5, 5.41) is 10.0. The lowest BCUT2D eigenvalue weighted by molar-refractivity contribution is -0.145. The van der Waals surface area contributed by atoms with Crippen molar-refractivity contribution in [2.24, 2.45) is 0 Å². The van der Waals surface area contributed by atoms with Gasteiger partial charge in [0, 0.05) is 0 Å². The molecule has 1 aliphatic heterocycles. The van der Waals surface area contributed by atoms with E-state index in [2.05, 4.69) is 29.8 Å². The molecule has 1 heterocycles. The van der Waals surface area contributed by atoms with Gasteiger partial charge in [0.25, 0.3) is 0 Å². The Morgan fingerprint density at radius 2 is 1.95 bits per heavy atom. The van der Waals surface area contributed by atoms with E-state index in [1.807, 2.05) is 6.07 Å². The highest BCUT2D eigenvalue weighted by molar-refractivity contribution is 9.10. The zero-order valence-corrected chi connectivity index (χ0v) is 14.5. The molecule has 2 aliphatic rings. The number of carboxylic acid groups (broad SMARTS) is 1. The monoisotopic (exact) mass is 368 g/mol. The molecule has 1 aromatic rings. The molecule has 0 aromatic heterocycles. The van der Waals surface area contributed by atoms with Gasteiger partial charge in [-0.2, -0.15) is 0 Å². The van der Waals surface area contributed by atoms with Gasteiger partial charge in [-0.1, -0.05) is 33.1 Å². The van der Waals surface area contributed by atoms with Crippen LogP contribution in [0.1, 0.15) is 63.0 Å². The molecule has 1 aliphatic carbocycles. The van der Waals surface area contributed by atoms with Crippen LogP contribution in [0, 0.1) is 0 Å². The second-order valence-corrected chi connectivity index (χ2v) is 7.28. The van der Waals surface area contributed by atoms with Crippen molar-refractivity contribution >= 4 is 21.9 Å². The highest BCUT2D eigenvalue weighted by atomic mass is 79.9. The number of benzene rings is 1. The maximum Gasteiger partial charge on any atom is 0.314 e. The Balaban J connectivity index is 2.24. The SMILES string of the molecule is CC(C)c1c(C2(C(=O)O)CCCCC2)cc2c(c1Br)OCO2. The lowest BCUT2D eigenvalue weighted by Gasteiger charge is -2.36. The van der Waals surface area contributed by atoms with Crippen molar-refractivity contribution < 1.29 is 19.4 Å². The maximum absolute atomic E-state index is 12.2. The number of hydrogen-bond acceptors (Lipinski definition) is 3. The largest absolute Gasteiger partial charge is 0.481 e. The molecule has 4 nitrogen and oxygen atoms in total. The van der Waals surface area contributed by atoms with Crippen LogP contribution in [0.4, 0.5) is 0 Å². The molecule has 3 rings (SSSR count). The van der Waals surface area contributed by atoms with Gasteiger partial charge in [0.15, 0.2) is 11.5 Å². The Morgan fingerprint density at radius 3 is 2.55 bits per heavy atom. The van der Waals surface area contributed by atoms with E-state index in [9.17, 15) is 9.90 Å². The average Bonchev–Trinajstić information content (AvgIpc) is 2.96. The van der Waals surface area contributed by atoms with Crippen molar-refractivity contribution in [1.82, 2.24) is 0 Å². The van der Waals surface area contributed by atoms with Crippen LogP contribution >= 0.6 is 15.9 Å². The Bertz CT molecular complexity index is 603. The summed E-state index contributed by atoms with van der Waals surface area (Å²) in [6.45, 7) is 4.36. The van der Waals surface area contributed by atoms with E-state index in [0.29, 0.717) is 24.3 Å². The predicted octanol–water partition coefficient (Wildman–Crippen LogP) is 4.59. The third-order valence-corrected chi connectivity index (χ3v) is 5.64. The molecule has 0 radical (unpaired) electrons. The first-order valence-electron chi connectivity index (χ1n) is 7.83. The van der Waals surface area contributed by atoms with Gasteiger partial charge in [-0.05, 0) is 51.9 Å². The molecule has 0 amide bonds. The number of halogens is 1. The van der Waals surface area contributed by atoms with Crippen LogP contribution in [0.2, 0.25) is 0 Å². The van der Waals surface area contributed by atoms with Gasteiger partial charge >= 0.3 is 5.97 Å². The normalized spacial score (nSPS) is 19.5. The summed E-state index contributed by atoms with van der Waals surface area (Å²) < 4.78 is 11.9. The Hall–Kier alpha value is -1.23. The number of carbonyl (C=O) groups is 1. The number of carboxylic acids is 1. The van der Waals surface area contributed by atoms with Crippen LogP contribution in [-0.2, 0) is 10.2 Å². The van der Waals surface area contributed by atoms with Gasteiger partial charge in [0.2, 0.25) is 6.79 Å². The van der Waals surface area contributed by atoms with Crippen molar-refractivity contribution in [1.29, 1.82) is 0 Å². The Kier molecular flexibility index (Phi) is 4.10. The van der Waals surface area contributed by atoms with Crippen molar-refractivity contribution in [3.8, 4) is 11.5 Å². The van der Waals surface area contributed by atoms with Gasteiger partial charge in [0.05, 0.1) is 9.89 Å². The molecule has 120 valence electrons. The summed E-state index contributed by atoms with van der Waals surface area (Å²) >= 11 is 3.63. The highest BCUT2D eigenvalue weighted by Crippen LogP contribution is 2.51. The fourth-order valence-corrected chi connectivity index (χ4v) is 4.71. The van der Waals surface area contributed by atoms with E-state index in [-0.39, 0.29) is 12.7 Å². The molecule has 1 aromatic carbocycles. The zero-order chi connectivity index (χ0) is 15.9. The minimum Gasteiger partial charge on any atom is -0.481 e. The number of rotatable bonds is 3. The lowest BCUT2D eigenvalue weighted by Crippen LogP contribution is -2.39. The molecule has 1 N–H and O–H groups in total. The first-order chi connectivity index (χ1) is 10.5. The number of aliphatic carboxylic acids is 1. The van der Waals surface area contributed by atoms with Crippen LogP contribution in [0.3, 0.4) is 0 Å². The van der Waals surface area contributed by atoms with Gasteiger partial charge in [0.1, 0.15) is 0 Å². The van der Waals surface area contributed by atoms with Crippen LogP contribution in [-0.4, -0.2) is 17.9 Å². The van der Waals surface area contributed by atoms with Gasteiger partial charge in [-0.25, -0.2) is 0 Å². The standard InChI is InChI=1S/C17H21BrO4/c1-10(2)13-11(8-12-15(14(13)18)22-9-21-12)17(16(19)20)6-4-3-5-7-17/h8,10H,3-7,9H2,1-2H3,(H,19,20). The third-order valence-electron chi connectivity index (χ3n) is 4.85. The first kappa shape index (κ1) is 15.7. The average molecular weight is 369 g/mol. The summed E-state index contributed by atoms with van der Waals surface area (Å²) in [5.74, 6) is 0.832. The summed E-state index contributed by atoms with van der Waals surface area (Å²) in [7, 11) is 0. The minimum absolute atomic E-state index is 0.189. The van der Waals surface area contributed by atoms with E-state index < -0.39 is 11.4 Å². The van der Waals surface area contributed by atoms with Crippen LogP contribution in [0.25, 0.3) is 0 Å². The summed E-state index contributed by atoms with van der Waals surface area (Å²) in [5.41, 5.74) is 1.13. The van der Waals surface area contributed by atoms with Gasteiger partial charge in [-0.15, -0.1) is 0 Å². The van der Waals surface area contributed by atoms with E-state index in [1.165, 1.54) is 0 Å². The van der Waals surface area contributed by atoms with Crippen molar-refractivity contribution in [2.45, 2.75) is 57.3 Å². The molecule has 1 saturated carbocycles. The summed E-state index contributed by atoms with van der Waals surface area (Å²) in [6, 6.07) is 1.90. The zero-order valence-electron chi connectivity index (χ0n) is 12.9. The maximum atomic E-state index is 12.2. The number of ether oxygens (including phenoxy) is 2. The van der Waals surface area contributed by atoms with Crippen molar-refractivity contribution in [3.05, 3.63) is 21.7 Å². The minimum atomic E-state index is -0.804. The van der Waals surface area contributed by atoms with Crippen molar-refractivity contribution in [2.75, 3.05) is 6.79 Å². The molecule has 5 heteroatoms. The summed E-state index contributed by atoms with van der Waals surface area (Å²) in [4.78, 5) is 12.2. The van der Waals surface area contributed by atoms with Crippen LogP contribution in [0.15, 0.2) is 10.5 Å². The van der Waals surface area contributed by atoms with Gasteiger partial charge < -0.3 is 14.6 Å². The molecular weight excluding hydrogens is 348 g/mol. The molecule has 0 spiro atoms. The highest BCUT2D eigenvalue weighted by Gasteiger charge is 2.44. The van der Waals surface area contributed by atoms with E-state index in [4.69, 9.17) is 9.47 Å². The van der Waals surface area contributed by atoms with E-state index >= 15 is 0 Å². The topological polar surface area (TPSA) is 55.8 Å². The Morgan fingerprint density at radius 1 is 1.27 bits per heavy atom. The van der Waals surface area contributed by atoms with E-state index in [1.54, 1.807) is 0 Å². The molecule has 22 heavy (non-hydrogen) atoms. The molecule has 0 unspecified atom stereocenters. The van der Waals surface area contributed by atoms with Crippen LogP contribution in [0.5, 0.6) is 11.5 Å². The second kappa shape index (κ2) is 5.76. The molecular formula is C17H21BrO4. The van der Waals surface area contributed by atoms with E-state index in [0.717, 1.165) is 34.9 Å². The Labute approximate surface area is 138 Å². The summed E-state index contributed by atoms with van der Waals surface area (Å²) in [6.07, 6.45) is 4.39.